The van der Waals surface area contributed by atoms with Gasteiger partial charge in [-0.3, -0.25) is 9.59 Å². The molecule has 0 aliphatic carbocycles. The zero-order valence-electron chi connectivity index (χ0n) is 20.6. The van der Waals surface area contributed by atoms with Crippen molar-refractivity contribution in [1.29, 1.82) is 0 Å². The number of fused-ring (bicyclic) bond motifs is 1. The molecule has 9 nitrogen and oxygen atoms in total. The summed E-state index contributed by atoms with van der Waals surface area (Å²) in [6.45, 7) is 5.25. The molecule has 1 saturated heterocycles. The van der Waals surface area contributed by atoms with Crippen LogP contribution in [0, 0.1) is 11.7 Å². The van der Waals surface area contributed by atoms with Crippen LogP contribution in [0.3, 0.4) is 0 Å². The van der Waals surface area contributed by atoms with Gasteiger partial charge in [0, 0.05) is 44.8 Å². The summed E-state index contributed by atoms with van der Waals surface area (Å²) in [6.07, 6.45) is 0.693. The van der Waals surface area contributed by atoms with Crippen LogP contribution in [-0.4, -0.2) is 55.4 Å². The zero-order valence-corrected chi connectivity index (χ0v) is 22.3. The van der Waals surface area contributed by atoms with Gasteiger partial charge < -0.3 is 14.6 Å². The lowest BCUT2D eigenvalue weighted by molar-refractivity contribution is -0.123. The summed E-state index contributed by atoms with van der Waals surface area (Å²) < 4.78 is 48.6. The molecule has 2 heterocycles. The Morgan fingerprint density at radius 2 is 1.86 bits per heavy atom. The van der Waals surface area contributed by atoms with E-state index in [1.165, 1.54) is 34.7 Å². The van der Waals surface area contributed by atoms with E-state index in [0.717, 1.165) is 22.3 Å². The van der Waals surface area contributed by atoms with Crippen LogP contribution in [0.15, 0.2) is 52.4 Å². The summed E-state index contributed by atoms with van der Waals surface area (Å²) in [5.41, 5.74) is 1.54. The summed E-state index contributed by atoms with van der Waals surface area (Å²) in [5, 5.41) is 2.77. The Morgan fingerprint density at radius 1 is 1.16 bits per heavy atom. The van der Waals surface area contributed by atoms with Crippen LogP contribution < -0.4 is 10.1 Å². The average Bonchev–Trinajstić information content (AvgIpc) is 3.20. The van der Waals surface area contributed by atoms with E-state index >= 15 is 0 Å². The number of anilines is 1. The molecule has 2 amide bonds. The molecule has 198 valence electrons. The van der Waals surface area contributed by atoms with Crippen molar-refractivity contribution in [2.45, 2.75) is 38.1 Å². The third kappa shape index (κ3) is 6.32. The van der Waals surface area contributed by atoms with Crippen molar-refractivity contribution in [2.75, 3.05) is 31.6 Å². The highest BCUT2D eigenvalue weighted by Crippen LogP contribution is 2.26. The largest absolute Gasteiger partial charge is 0.380 e. The molecule has 3 aromatic rings. The number of hydrogen-bond donors (Lipinski definition) is 1. The number of nitrogens with zero attached hydrogens (tertiary/aromatic N) is 3. The highest BCUT2D eigenvalue weighted by atomic mass is 32.2. The van der Waals surface area contributed by atoms with Crippen molar-refractivity contribution >= 4 is 49.1 Å². The third-order valence-electron chi connectivity index (χ3n) is 6.13. The maximum Gasteiger partial charge on any atom is 0.251 e. The van der Waals surface area contributed by atoms with Crippen LogP contribution in [0.4, 0.5) is 10.1 Å². The minimum Gasteiger partial charge on any atom is -0.380 e. The lowest BCUT2D eigenvalue weighted by atomic mass is 9.98. The van der Waals surface area contributed by atoms with Crippen molar-refractivity contribution in [3.8, 4) is 0 Å². The highest BCUT2D eigenvalue weighted by molar-refractivity contribution is 7.89. The second-order valence-corrected chi connectivity index (χ2v) is 11.6. The topological polar surface area (TPSA) is 110 Å². The first-order valence-electron chi connectivity index (χ1n) is 12.0. The van der Waals surface area contributed by atoms with Crippen molar-refractivity contribution in [3.05, 3.63) is 53.1 Å². The monoisotopic (exact) mass is 548 g/mol. The predicted molar refractivity (Wildman–Crippen MR) is 139 cm³/mol. The van der Waals surface area contributed by atoms with E-state index in [2.05, 4.69) is 10.3 Å². The van der Waals surface area contributed by atoms with Gasteiger partial charge in [0.2, 0.25) is 15.9 Å². The Morgan fingerprint density at radius 3 is 2.51 bits per heavy atom. The molecule has 1 N–H and O–H groups in total. The van der Waals surface area contributed by atoms with Crippen LogP contribution in [0.1, 0.15) is 26.7 Å². The second kappa shape index (κ2) is 11.6. The van der Waals surface area contributed by atoms with Gasteiger partial charge in [-0.2, -0.15) is 9.30 Å². The molecule has 0 spiro atoms. The van der Waals surface area contributed by atoms with Gasteiger partial charge in [0.1, 0.15) is 5.82 Å². The van der Waals surface area contributed by atoms with Crippen LogP contribution in [-0.2, 0) is 30.9 Å². The summed E-state index contributed by atoms with van der Waals surface area (Å²) >= 11 is 1.35. The molecule has 2 aromatic carbocycles. The zero-order chi connectivity index (χ0) is 26.6. The number of carbonyl (C=O) groups is 2. The molecular formula is C25H29FN4O5S2. The van der Waals surface area contributed by atoms with E-state index < -0.39 is 21.8 Å². The smallest absolute Gasteiger partial charge is 0.251 e. The number of nitrogens with one attached hydrogen (secondary N) is 1. The second-order valence-electron chi connectivity index (χ2n) is 8.68. The lowest BCUT2D eigenvalue weighted by Gasteiger charge is -2.29. The molecule has 1 aromatic heterocycles. The molecule has 0 atom stereocenters. The lowest BCUT2D eigenvalue weighted by Crippen LogP contribution is -2.40. The van der Waals surface area contributed by atoms with Crippen molar-refractivity contribution in [3.63, 3.8) is 0 Å². The van der Waals surface area contributed by atoms with Gasteiger partial charge in [0.15, 0.2) is 4.80 Å². The van der Waals surface area contributed by atoms with E-state index in [-0.39, 0.29) is 29.8 Å². The molecule has 1 aliphatic heterocycles. The molecular weight excluding hydrogens is 519 g/mol. The molecule has 0 radical (unpaired) electrons. The number of hydrogen-bond acceptors (Lipinski definition) is 6. The third-order valence-corrected chi connectivity index (χ3v) is 9.08. The maximum absolute atomic E-state index is 13.2. The molecule has 0 bridgehead atoms. The summed E-state index contributed by atoms with van der Waals surface area (Å²) in [5.74, 6) is -1.37. The quantitative estimate of drug-likeness (QED) is 0.434. The maximum atomic E-state index is 13.2. The minimum absolute atomic E-state index is 0.0302. The van der Waals surface area contributed by atoms with E-state index in [4.69, 9.17) is 4.74 Å². The van der Waals surface area contributed by atoms with Crippen LogP contribution >= 0.6 is 11.3 Å². The molecule has 37 heavy (non-hydrogen) atoms. The van der Waals surface area contributed by atoms with Crippen LogP contribution in [0.5, 0.6) is 0 Å². The Balaban J connectivity index is 1.54. The number of ether oxygens (including phenoxy) is 1. The van der Waals surface area contributed by atoms with Crippen molar-refractivity contribution < 1.29 is 27.1 Å². The molecule has 1 aliphatic rings. The van der Waals surface area contributed by atoms with Gasteiger partial charge in [0.05, 0.1) is 21.7 Å². The van der Waals surface area contributed by atoms with Crippen molar-refractivity contribution in [1.82, 2.24) is 8.87 Å². The molecule has 0 unspecified atom stereocenters. The number of rotatable bonds is 8. The number of piperidine rings is 1. The molecule has 1 fully saturated rings. The normalized spacial score (nSPS) is 15.8. The van der Waals surface area contributed by atoms with Crippen LogP contribution in [0.2, 0.25) is 0 Å². The SMILES string of the molecule is CCOCCn1c(=NC(=O)C2CCN(S(=O)(=O)c3ccc(F)cc3)CC2)sc2cc(NC(C)=O)ccc21. The first-order chi connectivity index (χ1) is 17.7. The van der Waals surface area contributed by atoms with E-state index in [0.29, 0.717) is 43.1 Å². The van der Waals surface area contributed by atoms with Crippen molar-refractivity contribution in [2.24, 2.45) is 10.9 Å². The fourth-order valence-corrected chi connectivity index (χ4v) is 6.81. The Kier molecular flexibility index (Phi) is 8.53. The van der Waals surface area contributed by atoms with Gasteiger partial charge in [-0.15, -0.1) is 0 Å². The summed E-state index contributed by atoms with van der Waals surface area (Å²) in [6, 6.07) is 10.3. The molecule has 4 rings (SSSR count). The van der Waals surface area contributed by atoms with Gasteiger partial charge in [-0.25, -0.2) is 12.8 Å². The van der Waals surface area contributed by atoms with Gasteiger partial charge >= 0.3 is 0 Å². The number of carbonyl (C=O) groups excluding carboxylic acids is 2. The van der Waals surface area contributed by atoms with E-state index in [1.807, 2.05) is 23.6 Å². The standard InChI is InChI=1S/C25H29FN4O5S2/c1-3-35-15-14-30-22-9-6-20(27-17(2)31)16-23(22)36-25(30)28-24(32)18-10-12-29(13-11-18)37(33,34)21-7-4-19(26)5-8-21/h4-9,16,18H,3,10-15H2,1-2H3,(H,27,31). The number of halogens is 1. The number of thiazole rings is 1. The Bertz CT molecular complexity index is 1460. The van der Waals surface area contributed by atoms with Gasteiger partial charge in [-0.05, 0) is 62.2 Å². The Labute approximate surface area is 218 Å². The fraction of sp³-hybridized carbons (Fsp3) is 0.400. The number of sulfonamides is 1. The summed E-state index contributed by atoms with van der Waals surface area (Å²) in [4.78, 5) is 29.6. The Hall–Kier alpha value is -2.93. The van der Waals surface area contributed by atoms with Gasteiger partial charge in [0.25, 0.3) is 5.91 Å². The highest BCUT2D eigenvalue weighted by Gasteiger charge is 2.32. The fourth-order valence-electron chi connectivity index (χ4n) is 4.24. The molecule has 0 saturated carbocycles. The average molecular weight is 549 g/mol. The van der Waals surface area contributed by atoms with Gasteiger partial charge in [-0.1, -0.05) is 11.3 Å². The minimum atomic E-state index is -3.76. The predicted octanol–water partition coefficient (Wildman–Crippen LogP) is 3.37. The number of aromatic nitrogens is 1. The number of benzene rings is 2. The first-order valence-corrected chi connectivity index (χ1v) is 14.3. The van der Waals surface area contributed by atoms with E-state index in [9.17, 15) is 22.4 Å². The summed E-state index contributed by atoms with van der Waals surface area (Å²) in [7, 11) is -3.76. The number of amides is 2. The van der Waals surface area contributed by atoms with E-state index in [1.54, 1.807) is 6.07 Å². The molecule has 12 heteroatoms. The van der Waals surface area contributed by atoms with Crippen LogP contribution in [0.25, 0.3) is 10.2 Å². The first kappa shape index (κ1) is 27.1.